The van der Waals surface area contributed by atoms with Crippen molar-refractivity contribution in [1.82, 2.24) is 15.6 Å². The van der Waals surface area contributed by atoms with E-state index >= 15 is 0 Å². The summed E-state index contributed by atoms with van der Waals surface area (Å²) in [6, 6.07) is 25.4. The van der Waals surface area contributed by atoms with Gasteiger partial charge in [-0.1, -0.05) is 24.3 Å². The summed E-state index contributed by atoms with van der Waals surface area (Å²) in [5.74, 6) is 0.0307. The third-order valence-corrected chi connectivity index (χ3v) is 10.1. The Morgan fingerprint density at radius 2 is 1.28 bits per heavy atom. The van der Waals surface area contributed by atoms with E-state index in [4.69, 9.17) is 14.2 Å². The smallest absolute Gasteiger partial charge is 0.433 e. The largest absolute Gasteiger partial charge is 0.494 e. The zero-order chi connectivity index (χ0) is 37.1. The second-order valence-electron chi connectivity index (χ2n) is 14.1. The zero-order valence-corrected chi connectivity index (χ0v) is 29.3. The molecule has 4 bridgehead atoms. The van der Waals surface area contributed by atoms with Gasteiger partial charge < -0.3 is 35.5 Å². The predicted molar refractivity (Wildman–Crippen MR) is 193 cm³/mol. The number of morpholine rings is 2. The molecule has 4 fully saturated rings. The molecule has 2 amide bonds. The molecule has 4 atom stereocenters. The zero-order valence-electron chi connectivity index (χ0n) is 29.3. The number of hydrogen-bond acceptors (Lipinski definition) is 8. The molecule has 4 aliphatic rings. The van der Waals surface area contributed by atoms with Gasteiger partial charge in [0.05, 0.1) is 31.0 Å². The van der Waals surface area contributed by atoms with Gasteiger partial charge >= 0.3 is 6.18 Å². The number of nitrogens with one attached hydrogen (secondary N) is 4. The first-order valence-electron chi connectivity index (χ1n) is 17.8. The summed E-state index contributed by atoms with van der Waals surface area (Å²) in [5.41, 5.74) is 2.85. The Balaban J connectivity index is 0.000000164. The Morgan fingerprint density at radius 3 is 1.70 bits per heavy atom. The first-order chi connectivity index (χ1) is 25.5. The number of benzene rings is 3. The summed E-state index contributed by atoms with van der Waals surface area (Å²) < 4.78 is 55.5. The molecule has 13 heteroatoms. The molecule has 10 nitrogen and oxygen atoms in total. The fourth-order valence-corrected chi connectivity index (χ4v) is 7.39. The predicted octanol–water partition coefficient (Wildman–Crippen LogP) is 6.04. The van der Waals surface area contributed by atoms with E-state index in [0.29, 0.717) is 29.9 Å². The number of rotatable bonds is 10. The van der Waals surface area contributed by atoms with Crippen LogP contribution in [0.2, 0.25) is 0 Å². The van der Waals surface area contributed by atoms with E-state index in [1.165, 1.54) is 11.6 Å². The van der Waals surface area contributed by atoms with Crippen molar-refractivity contribution >= 4 is 23.2 Å². The van der Waals surface area contributed by atoms with Crippen molar-refractivity contribution in [2.45, 2.75) is 62.1 Å². The average molecular weight is 730 g/mol. The highest BCUT2D eigenvalue weighted by molar-refractivity contribution is 6.04. The molecule has 1 aromatic heterocycles. The average Bonchev–Trinajstić information content (AvgIpc) is 3.96. The molecule has 4 aromatic rings. The fraction of sp³-hybridized carbons (Fsp3) is 0.375. The topological polar surface area (TPSA) is 123 Å². The number of anilines is 2. The third kappa shape index (κ3) is 8.87. The Kier molecular flexibility index (Phi) is 10.5. The lowest BCUT2D eigenvalue weighted by Gasteiger charge is -2.26. The van der Waals surface area contributed by atoms with Crippen LogP contribution >= 0.6 is 0 Å². The molecule has 8 rings (SSSR count). The molecule has 278 valence electrons. The number of fused-ring (bicyclic) bond motifs is 4. The highest BCUT2D eigenvalue weighted by Gasteiger charge is 2.47. The van der Waals surface area contributed by atoms with Gasteiger partial charge in [0.15, 0.2) is 0 Å². The number of alkyl halides is 3. The number of pyridine rings is 1. The van der Waals surface area contributed by atoms with Crippen LogP contribution in [0.1, 0.15) is 57.3 Å². The minimum atomic E-state index is -4.59. The monoisotopic (exact) mass is 729 g/mol. The first kappa shape index (κ1) is 36.5. The van der Waals surface area contributed by atoms with Gasteiger partial charge in [-0.2, -0.15) is 13.2 Å². The lowest BCUT2D eigenvalue weighted by atomic mass is 9.93. The lowest BCUT2D eigenvalue weighted by molar-refractivity contribution is -0.141. The molecule has 4 saturated heterocycles. The summed E-state index contributed by atoms with van der Waals surface area (Å²) in [4.78, 5) is 27.9. The number of nitrogens with zero attached hydrogens (tertiary/aromatic N) is 1. The maximum Gasteiger partial charge on any atom is 0.433 e. The van der Waals surface area contributed by atoms with Gasteiger partial charge in [0.1, 0.15) is 11.4 Å². The summed E-state index contributed by atoms with van der Waals surface area (Å²) >= 11 is 0. The maximum atomic E-state index is 12.7. The molecular formula is C40H42F3N5O5. The number of hydrogen-bond donors (Lipinski definition) is 4. The van der Waals surface area contributed by atoms with Crippen molar-refractivity contribution in [2.75, 3.05) is 43.5 Å². The van der Waals surface area contributed by atoms with Crippen LogP contribution in [-0.4, -0.2) is 73.0 Å². The molecule has 0 unspecified atom stereocenters. The van der Waals surface area contributed by atoms with Crippen molar-refractivity contribution in [1.29, 1.82) is 0 Å². The minimum Gasteiger partial charge on any atom is -0.494 e. The molecule has 0 radical (unpaired) electrons. The van der Waals surface area contributed by atoms with E-state index in [1.54, 1.807) is 24.3 Å². The third-order valence-electron chi connectivity index (χ3n) is 10.1. The Bertz CT molecular complexity index is 1890. The highest BCUT2D eigenvalue weighted by Crippen LogP contribution is 2.36. The quantitative estimate of drug-likeness (QED) is 0.156. The van der Waals surface area contributed by atoms with Gasteiger partial charge in [0.25, 0.3) is 11.8 Å². The van der Waals surface area contributed by atoms with E-state index in [2.05, 4.69) is 38.4 Å². The van der Waals surface area contributed by atoms with E-state index in [1.807, 2.05) is 43.3 Å². The first-order valence-corrected chi connectivity index (χ1v) is 17.8. The SMILES string of the molecule is CCOc1ccc(C(=O)Nc2ccc(C[C@]34CN[C@H](CO3)C4)cc2)cc1.O=C(Nc1ccc(C[C@]23CN[C@H](CO2)C3)cc1)c1ccnc(C(F)(F)F)c1. The summed E-state index contributed by atoms with van der Waals surface area (Å²) in [6.07, 6.45) is 0.157. The number of amides is 2. The van der Waals surface area contributed by atoms with Crippen LogP contribution in [0.25, 0.3) is 0 Å². The molecule has 0 aliphatic carbocycles. The summed E-state index contributed by atoms with van der Waals surface area (Å²) in [5, 5.41) is 12.5. The number of carbonyl (C=O) groups is 2. The maximum absolute atomic E-state index is 12.7. The Hall–Kier alpha value is -4.82. The molecule has 4 N–H and O–H groups in total. The van der Waals surface area contributed by atoms with E-state index in [-0.39, 0.29) is 22.7 Å². The van der Waals surface area contributed by atoms with Crippen LogP contribution in [0.3, 0.4) is 0 Å². The Labute approximate surface area is 305 Å². The molecule has 0 spiro atoms. The number of aromatic nitrogens is 1. The van der Waals surface area contributed by atoms with Crippen molar-refractivity contribution in [3.8, 4) is 5.75 Å². The fourth-order valence-electron chi connectivity index (χ4n) is 7.39. The second kappa shape index (κ2) is 15.3. The van der Waals surface area contributed by atoms with E-state index in [9.17, 15) is 22.8 Å². The van der Waals surface area contributed by atoms with Crippen molar-refractivity contribution < 1.29 is 37.0 Å². The van der Waals surface area contributed by atoms with Crippen molar-refractivity contribution in [3.05, 3.63) is 119 Å². The highest BCUT2D eigenvalue weighted by atomic mass is 19.4. The normalized spacial score (nSPS) is 24.0. The van der Waals surface area contributed by atoms with Crippen LogP contribution in [0.5, 0.6) is 5.75 Å². The van der Waals surface area contributed by atoms with Crippen LogP contribution < -0.4 is 26.0 Å². The molecule has 0 saturated carbocycles. The van der Waals surface area contributed by atoms with Gasteiger partial charge in [-0.3, -0.25) is 14.6 Å². The summed E-state index contributed by atoms with van der Waals surface area (Å²) in [7, 11) is 0. The number of ether oxygens (including phenoxy) is 3. The standard InChI is InChI=1S/C21H24N2O3.C19H18F3N3O2/c1-2-25-19-9-5-16(6-10-19)20(24)23-17-7-3-15(4-8-17)11-21-12-18(13-26-21)22-14-21;20-19(21,22)16-7-13(5-6-23-16)17(26)25-14-3-1-12(2-4-14)8-18-9-15(10-27-18)24-11-18/h3-10,18,22H,2,11-14H2,1H3,(H,23,24);1-7,15,24H,8-11H2,(H,25,26)/t18-,21-;15-,18-/m00/s1. The van der Waals surface area contributed by atoms with E-state index in [0.717, 1.165) is 81.3 Å². The van der Waals surface area contributed by atoms with Crippen molar-refractivity contribution in [3.63, 3.8) is 0 Å². The van der Waals surface area contributed by atoms with Crippen LogP contribution in [0, 0.1) is 0 Å². The molecule has 3 aromatic carbocycles. The molecular weight excluding hydrogens is 687 g/mol. The number of carbonyl (C=O) groups excluding carboxylic acids is 2. The van der Waals surface area contributed by atoms with E-state index < -0.39 is 17.8 Å². The van der Waals surface area contributed by atoms with Crippen LogP contribution in [-0.2, 0) is 28.5 Å². The lowest BCUT2D eigenvalue weighted by Crippen LogP contribution is -2.40. The molecule has 5 heterocycles. The molecule has 53 heavy (non-hydrogen) atoms. The minimum absolute atomic E-state index is 0.0439. The van der Waals surface area contributed by atoms with Gasteiger partial charge in [0, 0.05) is 66.7 Å². The van der Waals surface area contributed by atoms with Crippen LogP contribution in [0.15, 0.2) is 91.1 Å². The molecule has 4 aliphatic heterocycles. The number of halogens is 3. The van der Waals surface area contributed by atoms with Gasteiger partial charge in [0.2, 0.25) is 0 Å². The van der Waals surface area contributed by atoms with Crippen LogP contribution in [0.4, 0.5) is 24.5 Å². The summed E-state index contributed by atoms with van der Waals surface area (Å²) in [6.45, 7) is 5.86. The van der Waals surface area contributed by atoms with Gasteiger partial charge in [-0.15, -0.1) is 0 Å². The van der Waals surface area contributed by atoms with Gasteiger partial charge in [-0.25, -0.2) is 0 Å². The van der Waals surface area contributed by atoms with Crippen molar-refractivity contribution in [2.24, 2.45) is 0 Å². The Morgan fingerprint density at radius 1 is 0.774 bits per heavy atom. The van der Waals surface area contributed by atoms with Gasteiger partial charge in [-0.05, 0) is 91.6 Å². The second-order valence-corrected chi connectivity index (χ2v) is 14.1.